The fourth-order valence-corrected chi connectivity index (χ4v) is 2.37. The molecule has 2 nitrogen and oxygen atoms in total. The first-order valence-corrected chi connectivity index (χ1v) is 8.10. The van der Waals surface area contributed by atoms with Gasteiger partial charge in [-0.2, -0.15) is 0 Å². The lowest BCUT2D eigenvalue weighted by Gasteiger charge is -2.22. The minimum atomic E-state index is -0.356. The largest absolute Gasteiger partial charge is 0.492 e. The summed E-state index contributed by atoms with van der Waals surface area (Å²) in [6.45, 7) is 13.4. The van der Waals surface area contributed by atoms with Crippen LogP contribution in [0.2, 0.25) is 0 Å². The zero-order valence-electron chi connectivity index (χ0n) is 14.0. The summed E-state index contributed by atoms with van der Waals surface area (Å²) in [6.07, 6.45) is 0.239. The lowest BCUT2D eigenvalue weighted by molar-refractivity contribution is -0.112. The van der Waals surface area contributed by atoms with Crippen LogP contribution in [0.25, 0.3) is 0 Å². The van der Waals surface area contributed by atoms with E-state index < -0.39 is 0 Å². The summed E-state index contributed by atoms with van der Waals surface area (Å²) >= 11 is 5.40. The maximum Gasteiger partial charge on any atom is 0.225 e. The quantitative estimate of drug-likeness (QED) is 0.613. The number of benzene rings is 1. The molecule has 0 aliphatic rings. The van der Waals surface area contributed by atoms with Crippen molar-refractivity contribution in [2.75, 3.05) is 6.61 Å². The Kier molecular flexibility index (Phi) is 6.73. The Morgan fingerprint density at radius 3 is 1.81 bits per heavy atom. The third-order valence-electron chi connectivity index (χ3n) is 3.62. The monoisotopic (exact) mass is 310 g/mol. The van der Waals surface area contributed by atoms with Gasteiger partial charge in [-0.1, -0.05) is 53.7 Å². The van der Waals surface area contributed by atoms with Gasteiger partial charge in [0.25, 0.3) is 0 Å². The van der Waals surface area contributed by atoms with Gasteiger partial charge in [0.15, 0.2) is 0 Å². The van der Waals surface area contributed by atoms with Crippen molar-refractivity contribution in [3.05, 3.63) is 28.8 Å². The number of halogens is 1. The topological polar surface area (TPSA) is 26.3 Å². The number of carbonyl (C=O) groups is 1. The zero-order chi connectivity index (χ0) is 16.2. The van der Waals surface area contributed by atoms with Gasteiger partial charge in [-0.15, -0.1) is 0 Å². The molecule has 0 aliphatic heterocycles. The Bertz CT molecular complexity index is 461. The van der Waals surface area contributed by atoms with Crippen LogP contribution in [0, 0.1) is 0 Å². The van der Waals surface area contributed by atoms with Crippen LogP contribution in [0.4, 0.5) is 0 Å². The van der Waals surface area contributed by atoms with Gasteiger partial charge in [-0.3, -0.25) is 4.79 Å². The van der Waals surface area contributed by atoms with Crippen LogP contribution in [-0.4, -0.2) is 11.8 Å². The molecule has 0 fully saturated rings. The molecule has 21 heavy (non-hydrogen) atoms. The number of hydrogen-bond acceptors (Lipinski definition) is 2. The van der Waals surface area contributed by atoms with Crippen molar-refractivity contribution in [1.29, 1.82) is 0 Å². The second-order valence-corrected chi connectivity index (χ2v) is 6.87. The van der Waals surface area contributed by atoms with Gasteiger partial charge in [0, 0.05) is 0 Å². The molecule has 0 N–H and O–H groups in total. The maximum atomic E-state index is 10.9. The molecule has 0 radical (unpaired) electrons. The Labute approximate surface area is 133 Å². The molecule has 1 rings (SSSR count). The van der Waals surface area contributed by atoms with Gasteiger partial charge in [0.2, 0.25) is 5.24 Å². The molecule has 0 saturated carbocycles. The van der Waals surface area contributed by atoms with Gasteiger partial charge >= 0.3 is 0 Å². The smallest absolute Gasteiger partial charge is 0.225 e. The normalized spacial score (nSPS) is 11.5. The standard InChI is InChI=1S/C18H27ClO2/c1-11(2)14-9-15(12(3)4)18(16(10-14)13(5)6)21-8-7-17(19)20/h9-13H,7-8H2,1-6H3. The van der Waals surface area contributed by atoms with E-state index in [1.807, 2.05) is 0 Å². The van der Waals surface area contributed by atoms with E-state index in [2.05, 4.69) is 53.7 Å². The molecule has 0 amide bonds. The molecule has 0 unspecified atom stereocenters. The van der Waals surface area contributed by atoms with Crippen LogP contribution >= 0.6 is 11.6 Å². The highest BCUT2D eigenvalue weighted by Crippen LogP contribution is 2.37. The summed E-state index contributed by atoms with van der Waals surface area (Å²) in [5.41, 5.74) is 3.77. The van der Waals surface area contributed by atoms with Crippen LogP contribution in [0.3, 0.4) is 0 Å². The first kappa shape index (κ1) is 18.0. The maximum absolute atomic E-state index is 10.9. The molecular weight excluding hydrogens is 284 g/mol. The molecular formula is C18H27ClO2. The number of rotatable bonds is 7. The lowest BCUT2D eigenvalue weighted by atomic mass is 9.88. The summed E-state index contributed by atoms with van der Waals surface area (Å²) in [4.78, 5) is 10.9. The van der Waals surface area contributed by atoms with Gasteiger partial charge in [-0.25, -0.2) is 0 Å². The number of ether oxygens (including phenoxy) is 1. The first-order valence-electron chi connectivity index (χ1n) is 7.72. The van der Waals surface area contributed by atoms with E-state index in [4.69, 9.17) is 16.3 Å². The molecule has 0 bridgehead atoms. The van der Waals surface area contributed by atoms with Crippen molar-refractivity contribution in [2.45, 2.75) is 65.7 Å². The summed E-state index contributed by atoms with van der Waals surface area (Å²) < 4.78 is 5.93. The summed E-state index contributed by atoms with van der Waals surface area (Å²) in [6, 6.07) is 4.47. The fraction of sp³-hybridized carbons (Fsp3) is 0.611. The molecule has 1 aromatic rings. The minimum absolute atomic E-state index is 0.239. The third-order valence-corrected chi connectivity index (χ3v) is 3.81. The van der Waals surface area contributed by atoms with E-state index in [0.717, 1.165) is 5.75 Å². The number of carbonyl (C=O) groups excluding carboxylic acids is 1. The predicted octanol–water partition coefficient (Wildman–Crippen LogP) is 5.59. The minimum Gasteiger partial charge on any atom is -0.492 e. The van der Waals surface area contributed by atoms with E-state index in [1.54, 1.807) is 0 Å². The fourth-order valence-electron chi connectivity index (χ4n) is 2.29. The average molecular weight is 311 g/mol. The average Bonchev–Trinajstić information content (AvgIpc) is 2.37. The molecule has 118 valence electrons. The van der Waals surface area contributed by atoms with Gasteiger partial charge in [0.05, 0.1) is 13.0 Å². The summed E-state index contributed by atoms with van der Waals surface area (Å²) in [5, 5.41) is -0.356. The molecule has 0 spiro atoms. The predicted molar refractivity (Wildman–Crippen MR) is 89.7 cm³/mol. The molecule has 0 aromatic heterocycles. The highest BCUT2D eigenvalue weighted by atomic mass is 35.5. The number of hydrogen-bond donors (Lipinski definition) is 0. The Morgan fingerprint density at radius 2 is 1.48 bits per heavy atom. The van der Waals surface area contributed by atoms with Crippen LogP contribution in [0.5, 0.6) is 5.75 Å². The zero-order valence-corrected chi connectivity index (χ0v) is 14.8. The molecule has 1 aromatic carbocycles. The van der Waals surface area contributed by atoms with Crippen molar-refractivity contribution < 1.29 is 9.53 Å². The van der Waals surface area contributed by atoms with Crippen molar-refractivity contribution in [1.82, 2.24) is 0 Å². The van der Waals surface area contributed by atoms with E-state index in [0.29, 0.717) is 24.4 Å². The summed E-state index contributed by atoms with van der Waals surface area (Å²) in [5.74, 6) is 2.17. The lowest BCUT2D eigenvalue weighted by Crippen LogP contribution is -2.09. The van der Waals surface area contributed by atoms with Crippen molar-refractivity contribution >= 4 is 16.8 Å². The first-order chi connectivity index (χ1) is 9.73. The van der Waals surface area contributed by atoms with Crippen molar-refractivity contribution in [2.24, 2.45) is 0 Å². The van der Waals surface area contributed by atoms with Gasteiger partial charge < -0.3 is 4.74 Å². The molecule has 0 heterocycles. The molecule has 0 saturated heterocycles. The van der Waals surface area contributed by atoms with Gasteiger partial charge in [-0.05, 0) is 46.0 Å². The molecule has 0 atom stereocenters. The van der Waals surface area contributed by atoms with E-state index >= 15 is 0 Å². The highest BCUT2D eigenvalue weighted by Gasteiger charge is 2.18. The van der Waals surface area contributed by atoms with Crippen LogP contribution in [0.15, 0.2) is 12.1 Å². The van der Waals surface area contributed by atoms with Gasteiger partial charge in [0.1, 0.15) is 5.75 Å². The Balaban J connectivity index is 3.25. The van der Waals surface area contributed by atoms with E-state index in [1.165, 1.54) is 16.7 Å². The van der Waals surface area contributed by atoms with Crippen LogP contribution in [0.1, 0.15) is 82.4 Å². The Hall–Kier alpha value is -1.02. The van der Waals surface area contributed by atoms with Crippen LogP contribution < -0.4 is 4.74 Å². The Morgan fingerprint density at radius 1 is 1.00 bits per heavy atom. The third kappa shape index (κ3) is 5.03. The highest BCUT2D eigenvalue weighted by molar-refractivity contribution is 6.63. The SMILES string of the molecule is CC(C)c1cc(C(C)C)c(OCCC(=O)Cl)c(C(C)C)c1. The van der Waals surface area contributed by atoms with E-state index in [9.17, 15) is 4.79 Å². The molecule has 3 heteroatoms. The van der Waals surface area contributed by atoms with Crippen molar-refractivity contribution in [3.63, 3.8) is 0 Å². The van der Waals surface area contributed by atoms with E-state index in [-0.39, 0.29) is 11.7 Å². The van der Waals surface area contributed by atoms with Crippen LogP contribution in [-0.2, 0) is 4.79 Å². The van der Waals surface area contributed by atoms with Crippen molar-refractivity contribution in [3.8, 4) is 5.75 Å². The second-order valence-electron chi connectivity index (χ2n) is 6.45. The second kappa shape index (κ2) is 7.84. The molecule has 0 aliphatic carbocycles. The summed E-state index contributed by atoms with van der Waals surface area (Å²) in [7, 11) is 0.